The maximum Gasteiger partial charge on any atom is 0.118 e. The van der Waals surface area contributed by atoms with E-state index in [1.807, 2.05) is 12.1 Å². The van der Waals surface area contributed by atoms with Gasteiger partial charge in [0.1, 0.15) is 5.75 Å². The standard InChI is InChI=1S/C17H24O3/c1-3-4-15(12-18)17-11-14(9-10-20-17)13-5-7-16(19-2)8-6-13/h5-8,11,15,17-18H,3-4,9-10,12H2,1-2H3/t15-,17+/m0/s1. The van der Waals surface area contributed by atoms with Gasteiger partial charge in [0.15, 0.2) is 0 Å². The summed E-state index contributed by atoms with van der Waals surface area (Å²) in [5.41, 5.74) is 2.52. The molecule has 3 heteroatoms. The minimum Gasteiger partial charge on any atom is -0.497 e. The van der Waals surface area contributed by atoms with Gasteiger partial charge in [0.25, 0.3) is 0 Å². The SMILES string of the molecule is CCC[C@@H](CO)[C@H]1C=C(c2ccc(OC)cc2)CCO1. The van der Waals surface area contributed by atoms with E-state index in [-0.39, 0.29) is 18.6 Å². The van der Waals surface area contributed by atoms with Gasteiger partial charge in [-0.25, -0.2) is 0 Å². The number of rotatable bonds is 6. The Labute approximate surface area is 121 Å². The molecule has 0 unspecified atom stereocenters. The van der Waals surface area contributed by atoms with E-state index in [4.69, 9.17) is 9.47 Å². The molecular formula is C17H24O3. The van der Waals surface area contributed by atoms with Crippen molar-refractivity contribution in [2.24, 2.45) is 5.92 Å². The molecule has 1 heterocycles. The molecule has 0 saturated carbocycles. The van der Waals surface area contributed by atoms with Crippen molar-refractivity contribution in [3.8, 4) is 5.75 Å². The van der Waals surface area contributed by atoms with Gasteiger partial charge in [-0.2, -0.15) is 0 Å². The Hall–Kier alpha value is -1.32. The summed E-state index contributed by atoms with van der Waals surface area (Å²) in [6.45, 7) is 3.05. The minimum atomic E-state index is 0.0331. The molecule has 1 aliphatic heterocycles. The van der Waals surface area contributed by atoms with Crippen LogP contribution >= 0.6 is 0 Å². The number of benzene rings is 1. The summed E-state index contributed by atoms with van der Waals surface area (Å²) in [6.07, 6.45) is 5.20. The maximum atomic E-state index is 9.51. The summed E-state index contributed by atoms with van der Waals surface area (Å²) in [4.78, 5) is 0. The van der Waals surface area contributed by atoms with Gasteiger partial charge in [-0.15, -0.1) is 0 Å². The van der Waals surface area contributed by atoms with Crippen LogP contribution in [0, 0.1) is 5.92 Å². The second kappa shape index (κ2) is 7.46. The zero-order valence-electron chi connectivity index (χ0n) is 12.3. The van der Waals surface area contributed by atoms with Gasteiger partial charge in [0.2, 0.25) is 0 Å². The van der Waals surface area contributed by atoms with Crippen LogP contribution in [0.1, 0.15) is 31.7 Å². The third kappa shape index (κ3) is 3.62. The number of hydrogen-bond acceptors (Lipinski definition) is 3. The molecule has 1 aromatic carbocycles. The van der Waals surface area contributed by atoms with Crippen LogP contribution in [0.3, 0.4) is 0 Å². The van der Waals surface area contributed by atoms with Crippen LogP contribution < -0.4 is 4.74 Å². The van der Waals surface area contributed by atoms with Gasteiger partial charge < -0.3 is 14.6 Å². The van der Waals surface area contributed by atoms with E-state index >= 15 is 0 Å². The topological polar surface area (TPSA) is 38.7 Å². The lowest BCUT2D eigenvalue weighted by atomic mass is 9.91. The summed E-state index contributed by atoms with van der Waals surface area (Å²) in [7, 11) is 1.68. The molecule has 0 bridgehead atoms. The molecule has 0 fully saturated rings. The third-order valence-corrected chi connectivity index (χ3v) is 3.87. The summed E-state index contributed by atoms with van der Waals surface area (Å²) in [6, 6.07) is 8.13. The van der Waals surface area contributed by atoms with Crippen molar-refractivity contribution in [3.05, 3.63) is 35.9 Å². The average Bonchev–Trinajstić information content (AvgIpc) is 2.53. The van der Waals surface area contributed by atoms with Crippen molar-refractivity contribution in [3.63, 3.8) is 0 Å². The van der Waals surface area contributed by atoms with Gasteiger partial charge in [-0.3, -0.25) is 0 Å². The van der Waals surface area contributed by atoms with Crippen LogP contribution in [0.15, 0.2) is 30.3 Å². The van der Waals surface area contributed by atoms with Crippen molar-refractivity contribution in [2.45, 2.75) is 32.3 Å². The van der Waals surface area contributed by atoms with Gasteiger partial charge >= 0.3 is 0 Å². The summed E-state index contributed by atoms with van der Waals surface area (Å²) in [5, 5.41) is 9.51. The highest BCUT2D eigenvalue weighted by atomic mass is 16.5. The van der Waals surface area contributed by atoms with Crippen LogP contribution in [-0.4, -0.2) is 31.5 Å². The Balaban J connectivity index is 2.15. The third-order valence-electron chi connectivity index (χ3n) is 3.87. The first-order valence-electron chi connectivity index (χ1n) is 7.36. The Bertz CT molecular complexity index is 436. The van der Waals surface area contributed by atoms with Crippen molar-refractivity contribution in [2.75, 3.05) is 20.3 Å². The number of aliphatic hydroxyl groups excluding tert-OH is 1. The molecule has 0 saturated heterocycles. The molecule has 3 nitrogen and oxygen atoms in total. The first-order chi connectivity index (χ1) is 9.78. The minimum absolute atomic E-state index is 0.0331. The smallest absolute Gasteiger partial charge is 0.118 e. The van der Waals surface area contributed by atoms with E-state index in [2.05, 4.69) is 25.1 Å². The Kier molecular flexibility index (Phi) is 5.62. The molecule has 0 aliphatic carbocycles. The molecule has 2 rings (SSSR count). The van der Waals surface area contributed by atoms with Crippen molar-refractivity contribution < 1.29 is 14.6 Å². The lowest BCUT2D eigenvalue weighted by molar-refractivity contribution is 0.0174. The van der Waals surface area contributed by atoms with E-state index in [0.717, 1.165) is 31.6 Å². The maximum absolute atomic E-state index is 9.51. The normalized spacial score (nSPS) is 20.4. The number of aliphatic hydroxyl groups is 1. The fraction of sp³-hybridized carbons (Fsp3) is 0.529. The van der Waals surface area contributed by atoms with Gasteiger partial charge in [0, 0.05) is 12.5 Å². The molecule has 1 aromatic rings. The van der Waals surface area contributed by atoms with Crippen molar-refractivity contribution in [1.29, 1.82) is 0 Å². The van der Waals surface area contributed by atoms with E-state index in [1.54, 1.807) is 7.11 Å². The largest absolute Gasteiger partial charge is 0.497 e. The van der Waals surface area contributed by atoms with Crippen molar-refractivity contribution >= 4 is 5.57 Å². The van der Waals surface area contributed by atoms with Crippen LogP contribution in [0.4, 0.5) is 0 Å². The Morgan fingerprint density at radius 2 is 2.10 bits per heavy atom. The molecule has 0 amide bonds. The number of hydrogen-bond donors (Lipinski definition) is 1. The Morgan fingerprint density at radius 3 is 2.70 bits per heavy atom. The van der Waals surface area contributed by atoms with E-state index in [9.17, 15) is 5.11 Å². The lowest BCUT2D eigenvalue weighted by Gasteiger charge is -2.28. The van der Waals surface area contributed by atoms with Crippen LogP contribution in [0.5, 0.6) is 5.75 Å². The van der Waals surface area contributed by atoms with E-state index in [1.165, 1.54) is 11.1 Å². The van der Waals surface area contributed by atoms with Crippen LogP contribution in [0.25, 0.3) is 5.57 Å². The van der Waals surface area contributed by atoms with E-state index in [0.29, 0.717) is 0 Å². The monoisotopic (exact) mass is 276 g/mol. The average molecular weight is 276 g/mol. The molecule has 0 radical (unpaired) electrons. The van der Waals surface area contributed by atoms with Crippen LogP contribution in [-0.2, 0) is 4.74 Å². The molecular weight excluding hydrogens is 252 g/mol. The quantitative estimate of drug-likeness (QED) is 0.866. The summed E-state index contributed by atoms with van der Waals surface area (Å²) in [5.74, 6) is 1.07. The van der Waals surface area contributed by atoms with Gasteiger partial charge in [0.05, 0.1) is 19.8 Å². The second-order valence-electron chi connectivity index (χ2n) is 5.24. The molecule has 0 aromatic heterocycles. The molecule has 1 aliphatic rings. The molecule has 0 spiro atoms. The predicted molar refractivity (Wildman–Crippen MR) is 80.8 cm³/mol. The predicted octanol–water partition coefficient (Wildman–Crippen LogP) is 3.28. The fourth-order valence-corrected chi connectivity index (χ4v) is 2.68. The lowest BCUT2D eigenvalue weighted by Crippen LogP contribution is -2.28. The summed E-state index contributed by atoms with van der Waals surface area (Å²) >= 11 is 0. The highest BCUT2D eigenvalue weighted by Crippen LogP contribution is 2.29. The zero-order chi connectivity index (χ0) is 14.4. The van der Waals surface area contributed by atoms with Crippen molar-refractivity contribution in [1.82, 2.24) is 0 Å². The van der Waals surface area contributed by atoms with Crippen LogP contribution in [0.2, 0.25) is 0 Å². The van der Waals surface area contributed by atoms with Gasteiger partial charge in [-0.05, 0) is 36.1 Å². The molecule has 110 valence electrons. The Morgan fingerprint density at radius 1 is 1.35 bits per heavy atom. The number of methoxy groups -OCH3 is 1. The first-order valence-corrected chi connectivity index (χ1v) is 7.36. The summed E-state index contributed by atoms with van der Waals surface area (Å²) < 4.78 is 11.0. The first kappa shape index (κ1) is 15.1. The zero-order valence-corrected chi connectivity index (χ0v) is 12.3. The second-order valence-corrected chi connectivity index (χ2v) is 5.24. The molecule has 2 atom stereocenters. The highest BCUT2D eigenvalue weighted by molar-refractivity contribution is 5.67. The molecule has 1 N–H and O–H groups in total. The van der Waals surface area contributed by atoms with Gasteiger partial charge in [-0.1, -0.05) is 31.6 Å². The fourth-order valence-electron chi connectivity index (χ4n) is 2.68. The number of ether oxygens (including phenoxy) is 2. The van der Waals surface area contributed by atoms with E-state index < -0.39 is 0 Å². The highest BCUT2D eigenvalue weighted by Gasteiger charge is 2.23. The molecule has 20 heavy (non-hydrogen) atoms.